The van der Waals surface area contributed by atoms with Crippen LogP contribution in [-0.4, -0.2) is 40.2 Å². The van der Waals surface area contributed by atoms with Gasteiger partial charge in [-0.05, 0) is 32.9 Å². The molecule has 2 rings (SSSR count). The Morgan fingerprint density at radius 1 is 1.26 bits per heavy atom. The van der Waals surface area contributed by atoms with E-state index in [0.717, 1.165) is 6.07 Å². The zero-order valence-electron chi connectivity index (χ0n) is 12.7. The van der Waals surface area contributed by atoms with Gasteiger partial charge in [0.05, 0.1) is 0 Å². The minimum atomic E-state index is -5.08. The number of nitrogens with zero attached hydrogens (tertiary/aromatic N) is 1. The molecule has 0 aromatic carbocycles. The van der Waals surface area contributed by atoms with E-state index in [1.807, 2.05) is 0 Å². The molecule has 2 heterocycles. The Morgan fingerprint density at radius 2 is 1.87 bits per heavy atom. The zero-order valence-corrected chi connectivity index (χ0v) is 12.7. The van der Waals surface area contributed by atoms with E-state index >= 15 is 0 Å². The molecule has 1 aromatic rings. The number of carbonyl (C=O) groups excluding carboxylic acids is 3. The van der Waals surface area contributed by atoms with Crippen molar-refractivity contribution in [2.24, 2.45) is 0 Å². The van der Waals surface area contributed by atoms with Gasteiger partial charge in [0.2, 0.25) is 0 Å². The molecule has 1 aromatic heterocycles. The number of alkyl halides is 3. The molecule has 1 N–H and O–H groups in total. The molecule has 1 aliphatic rings. The summed E-state index contributed by atoms with van der Waals surface area (Å²) in [5.41, 5.74) is -1.31. The first kappa shape index (κ1) is 17.0. The van der Waals surface area contributed by atoms with E-state index in [-0.39, 0.29) is 12.1 Å². The summed E-state index contributed by atoms with van der Waals surface area (Å²) < 4.78 is 43.3. The van der Waals surface area contributed by atoms with E-state index in [0.29, 0.717) is 4.57 Å². The number of ketones is 1. The number of hydrogen-bond donors (Lipinski definition) is 1. The van der Waals surface area contributed by atoms with Gasteiger partial charge in [-0.3, -0.25) is 14.2 Å². The second-order valence-electron chi connectivity index (χ2n) is 6.11. The van der Waals surface area contributed by atoms with E-state index in [1.54, 1.807) is 20.8 Å². The molecule has 0 saturated carbocycles. The monoisotopic (exact) mass is 332 g/mol. The highest BCUT2D eigenvalue weighted by molar-refractivity contribution is 6.04. The fourth-order valence-electron chi connectivity index (χ4n) is 2.24. The molecule has 23 heavy (non-hydrogen) atoms. The van der Waals surface area contributed by atoms with Crippen LogP contribution in [0.1, 0.15) is 41.7 Å². The van der Waals surface area contributed by atoms with Gasteiger partial charge in [0, 0.05) is 12.1 Å². The van der Waals surface area contributed by atoms with E-state index in [9.17, 15) is 27.6 Å². The van der Waals surface area contributed by atoms with Crippen molar-refractivity contribution in [2.45, 2.75) is 45.0 Å². The van der Waals surface area contributed by atoms with Gasteiger partial charge >= 0.3 is 12.3 Å². The number of hydrogen-bond acceptors (Lipinski definition) is 4. The first-order valence-electron chi connectivity index (χ1n) is 6.76. The molecule has 0 aliphatic carbocycles. The van der Waals surface area contributed by atoms with Crippen LogP contribution >= 0.6 is 0 Å². The minimum Gasteiger partial charge on any atom is -0.444 e. The third kappa shape index (κ3) is 3.54. The fourth-order valence-corrected chi connectivity index (χ4v) is 2.24. The number of Topliss-reactive ketones (excluding diaryl/α,β-unsaturated/α-hetero) is 1. The maximum absolute atomic E-state index is 12.5. The highest BCUT2D eigenvalue weighted by Crippen LogP contribution is 2.26. The SMILES string of the molecule is CC(C)(C)OC(=O)NC1Cc2ccc(C(=O)C(F)(F)F)n2C1=O. The molecule has 0 radical (unpaired) electrons. The van der Waals surface area contributed by atoms with Crippen molar-refractivity contribution in [1.29, 1.82) is 0 Å². The van der Waals surface area contributed by atoms with Crippen LogP contribution in [0, 0.1) is 0 Å². The Bertz CT molecular complexity index is 671. The molecule has 6 nitrogen and oxygen atoms in total. The van der Waals surface area contributed by atoms with Crippen LogP contribution in [0.15, 0.2) is 12.1 Å². The van der Waals surface area contributed by atoms with Crippen LogP contribution < -0.4 is 5.32 Å². The molecule has 0 saturated heterocycles. The number of halogens is 3. The summed E-state index contributed by atoms with van der Waals surface area (Å²) in [6.07, 6.45) is -5.94. The molecule has 9 heteroatoms. The van der Waals surface area contributed by atoms with Crippen molar-refractivity contribution >= 4 is 17.8 Å². The quantitative estimate of drug-likeness (QED) is 0.843. The lowest BCUT2D eigenvalue weighted by Crippen LogP contribution is -2.43. The Hall–Kier alpha value is -2.32. The van der Waals surface area contributed by atoms with E-state index < -0.39 is 41.3 Å². The Balaban J connectivity index is 2.17. The second-order valence-corrected chi connectivity index (χ2v) is 6.11. The van der Waals surface area contributed by atoms with Crippen LogP contribution in [0.3, 0.4) is 0 Å². The van der Waals surface area contributed by atoms with Crippen molar-refractivity contribution in [3.8, 4) is 0 Å². The molecule has 0 spiro atoms. The summed E-state index contributed by atoms with van der Waals surface area (Å²) in [7, 11) is 0. The lowest BCUT2D eigenvalue weighted by Gasteiger charge is -2.21. The standard InChI is InChI=1S/C14H15F3N2O4/c1-13(2,3)23-12(22)18-8-6-7-4-5-9(19(7)11(8)21)10(20)14(15,16)17/h4-5,8H,6H2,1-3H3,(H,18,22). The van der Waals surface area contributed by atoms with Crippen molar-refractivity contribution < 1.29 is 32.3 Å². The van der Waals surface area contributed by atoms with Gasteiger partial charge < -0.3 is 10.1 Å². The second kappa shape index (κ2) is 5.39. The zero-order chi connectivity index (χ0) is 17.6. The third-order valence-electron chi connectivity index (χ3n) is 3.07. The minimum absolute atomic E-state index is 0.0107. The number of nitrogens with one attached hydrogen (secondary N) is 1. The molecule has 0 bridgehead atoms. The number of aromatic nitrogens is 1. The van der Waals surface area contributed by atoms with Crippen molar-refractivity contribution in [3.63, 3.8) is 0 Å². The highest BCUT2D eigenvalue weighted by atomic mass is 19.4. The summed E-state index contributed by atoms with van der Waals surface area (Å²) in [5, 5.41) is 2.30. The Kier molecular flexibility index (Phi) is 4.00. The molecule has 1 amide bonds. The lowest BCUT2D eigenvalue weighted by atomic mass is 10.2. The van der Waals surface area contributed by atoms with E-state index in [1.165, 1.54) is 6.07 Å². The predicted molar refractivity (Wildman–Crippen MR) is 72.3 cm³/mol. The molecule has 1 atom stereocenters. The van der Waals surface area contributed by atoms with Crippen LogP contribution in [0.4, 0.5) is 18.0 Å². The Morgan fingerprint density at radius 3 is 2.39 bits per heavy atom. The van der Waals surface area contributed by atoms with Gasteiger partial charge in [0.1, 0.15) is 17.3 Å². The number of ether oxygens (including phenoxy) is 1. The molecule has 1 unspecified atom stereocenters. The molecule has 1 aliphatic heterocycles. The maximum atomic E-state index is 12.5. The average molecular weight is 332 g/mol. The summed E-state index contributed by atoms with van der Waals surface area (Å²) in [6.45, 7) is 4.89. The highest BCUT2D eigenvalue weighted by Gasteiger charge is 2.44. The van der Waals surface area contributed by atoms with Gasteiger partial charge in [-0.2, -0.15) is 13.2 Å². The topological polar surface area (TPSA) is 77.4 Å². The number of amides is 1. The number of carbonyl (C=O) groups is 3. The predicted octanol–water partition coefficient (Wildman–Crippen LogP) is 2.32. The van der Waals surface area contributed by atoms with Gasteiger partial charge in [0.25, 0.3) is 11.7 Å². The van der Waals surface area contributed by atoms with Gasteiger partial charge in [-0.1, -0.05) is 0 Å². The Labute approximate surface area is 129 Å². The number of alkyl carbamates (subject to hydrolysis) is 1. The number of rotatable bonds is 2. The first-order valence-corrected chi connectivity index (χ1v) is 6.76. The molecule has 0 fully saturated rings. The van der Waals surface area contributed by atoms with E-state index in [4.69, 9.17) is 4.74 Å². The molecule has 126 valence electrons. The van der Waals surface area contributed by atoms with Crippen LogP contribution in [0.2, 0.25) is 0 Å². The van der Waals surface area contributed by atoms with Crippen LogP contribution in [0.5, 0.6) is 0 Å². The van der Waals surface area contributed by atoms with Crippen LogP contribution in [-0.2, 0) is 11.2 Å². The fraction of sp³-hybridized carbons (Fsp3) is 0.500. The summed E-state index contributed by atoms with van der Waals surface area (Å²) in [5.74, 6) is -2.90. The van der Waals surface area contributed by atoms with Crippen molar-refractivity contribution in [2.75, 3.05) is 0 Å². The number of fused-ring (bicyclic) bond motifs is 1. The molecular formula is C14H15F3N2O4. The van der Waals surface area contributed by atoms with Crippen molar-refractivity contribution in [3.05, 3.63) is 23.5 Å². The van der Waals surface area contributed by atoms with Gasteiger partial charge in [-0.15, -0.1) is 0 Å². The third-order valence-corrected chi connectivity index (χ3v) is 3.07. The average Bonchev–Trinajstić information content (AvgIpc) is 2.87. The first-order chi connectivity index (χ1) is 10.4. The normalized spacial score (nSPS) is 17.8. The lowest BCUT2D eigenvalue weighted by molar-refractivity contribution is -0.0889. The molecular weight excluding hydrogens is 317 g/mol. The van der Waals surface area contributed by atoms with Crippen molar-refractivity contribution in [1.82, 2.24) is 9.88 Å². The summed E-state index contributed by atoms with van der Waals surface area (Å²) in [4.78, 5) is 35.2. The van der Waals surface area contributed by atoms with Gasteiger partial charge in [0.15, 0.2) is 0 Å². The van der Waals surface area contributed by atoms with Crippen LogP contribution in [0.25, 0.3) is 0 Å². The largest absolute Gasteiger partial charge is 0.456 e. The van der Waals surface area contributed by atoms with E-state index in [2.05, 4.69) is 5.32 Å². The smallest absolute Gasteiger partial charge is 0.444 e. The summed E-state index contributed by atoms with van der Waals surface area (Å²) >= 11 is 0. The summed E-state index contributed by atoms with van der Waals surface area (Å²) in [6, 6.07) is 1.14. The maximum Gasteiger partial charge on any atom is 0.456 e. The van der Waals surface area contributed by atoms with Gasteiger partial charge in [-0.25, -0.2) is 4.79 Å².